The summed E-state index contributed by atoms with van der Waals surface area (Å²) in [5.41, 5.74) is 2.95. The molecule has 0 unspecified atom stereocenters. The number of carbonyl (C=O) groups is 1. The van der Waals surface area contributed by atoms with Crippen molar-refractivity contribution in [2.24, 2.45) is 0 Å². The monoisotopic (exact) mass is 401 g/mol. The van der Waals surface area contributed by atoms with Gasteiger partial charge in [-0.25, -0.2) is 0 Å². The van der Waals surface area contributed by atoms with Crippen LogP contribution < -0.4 is 14.8 Å². The predicted octanol–water partition coefficient (Wildman–Crippen LogP) is 3.63. The molecule has 1 aromatic heterocycles. The molecule has 3 rings (SSSR count). The van der Waals surface area contributed by atoms with Crippen LogP contribution in [-0.4, -0.2) is 36.4 Å². The lowest BCUT2D eigenvalue weighted by Crippen LogP contribution is -2.24. The van der Waals surface area contributed by atoms with Gasteiger partial charge in [-0.2, -0.15) is 5.10 Å². The van der Waals surface area contributed by atoms with E-state index < -0.39 is 0 Å². The van der Waals surface area contributed by atoms with Gasteiger partial charge in [-0.3, -0.25) is 9.89 Å². The van der Waals surface area contributed by atoms with Crippen LogP contribution in [0.5, 0.6) is 11.5 Å². The Morgan fingerprint density at radius 2 is 2.07 bits per heavy atom. The molecule has 0 aliphatic rings. The van der Waals surface area contributed by atoms with Crippen molar-refractivity contribution >= 4 is 5.91 Å². The van der Waals surface area contributed by atoms with Crippen molar-refractivity contribution < 1.29 is 14.3 Å². The Morgan fingerprint density at radius 1 is 1.20 bits per heavy atom. The molecule has 6 heteroatoms. The number of aromatic nitrogens is 2. The summed E-state index contributed by atoms with van der Waals surface area (Å²) in [6.07, 6.45) is 2.57. The normalized spacial score (nSPS) is 9.90. The minimum atomic E-state index is -0.275. The number of allylic oxidation sites excluding steroid dienone is 1. The smallest absolute Gasteiger partial charge is 0.270 e. The molecule has 0 aliphatic carbocycles. The van der Waals surface area contributed by atoms with E-state index in [0.717, 1.165) is 29.0 Å². The van der Waals surface area contributed by atoms with Gasteiger partial charge in [-0.15, -0.1) is 6.58 Å². The van der Waals surface area contributed by atoms with E-state index in [1.165, 1.54) is 0 Å². The molecule has 1 heterocycles. The number of H-pyrrole nitrogens is 1. The van der Waals surface area contributed by atoms with E-state index in [2.05, 4.69) is 33.9 Å². The zero-order valence-corrected chi connectivity index (χ0v) is 16.8. The van der Waals surface area contributed by atoms with Crippen molar-refractivity contribution in [3.05, 3.63) is 78.5 Å². The van der Waals surface area contributed by atoms with Crippen LogP contribution in [0.3, 0.4) is 0 Å². The number of hydrogen-bond donors (Lipinski definition) is 2. The molecule has 0 bridgehead atoms. The number of methoxy groups -OCH3 is 1. The van der Waals surface area contributed by atoms with E-state index in [1.807, 2.05) is 54.6 Å². The quantitative estimate of drug-likeness (QED) is 0.446. The fourth-order valence-corrected chi connectivity index (χ4v) is 2.78. The Morgan fingerprint density at radius 3 is 2.90 bits per heavy atom. The third kappa shape index (κ3) is 5.52. The molecular weight excluding hydrogens is 378 g/mol. The van der Waals surface area contributed by atoms with Crippen LogP contribution in [0.15, 0.2) is 67.3 Å². The van der Waals surface area contributed by atoms with Gasteiger partial charge in [0.05, 0.1) is 19.3 Å². The fraction of sp³-hybridized carbons (Fsp3) is 0.167. The van der Waals surface area contributed by atoms with Crippen LogP contribution >= 0.6 is 0 Å². The lowest BCUT2D eigenvalue weighted by Gasteiger charge is -2.07. The minimum Gasteiger partial charge on any atom is -0.497 e. The van der Waals surface area contributed by atoms with Gasteiger partial charge in [-0.1, -0.05) is 48.2 Å². The van der Waals surface area contributed by atoms with Crippen molar-refractivity contribution in [1.82, 2.24) is 15.5 Å². The fourth-order valence-electron chi connectivity index (χ4n) is 2.78. The predicted molar refractivity (Wildman–Crippen MR) is 117 cm³/mol. The van der Waals surface area contributed by atoms with Gasteiger partial charge in [0.1, 0.15) is 23.8 Å². The number of hydrogen-bond acceptors (Lipinski definition) is 4. The molecular formula is C24H23N3O3. The van der Waals surface area contributed by atoms with Gasteiger partial charge >= 0.3 is 0 Å². The first-order chi connectivity index (χ1) is 14.7. The van der Waals surface area contributed by atoms with E-state index in [-0.39, 0.29) is 19.1 Å². The maximum Gasteiger partial charge on any atom is 0.270 e. The second kappa shape index (κ2) is 10.5. The van der Waals surface area contributed by atoms with Gasteiger partial charge in [0.25, 0.3) is 5.91 Å². The third-order valence-corrected chi connectivity index (χ3v) is 4.29. The number of nitrogens with zero attached hydrogens (tertiary/aromatic N) is 1. The standard InChI is InChI=1S/C24H23N3O3/c1-3-9-18-10-4-5-13-23(18)30-15-7-6-14-25-24(28)22-17-21(26-27-22)19-11-8-12-20(16-19)29-2/h3-5,8,10-13,16-17H,1,9,14-15H2,2H3,(H,25,28)(H,26,27). The van der Waals surface area contributed by atoms with Crippen LogP contribution in [0.1, 0.15) is 16.1 Å². The molecule has 0 fully saturated rings. The number of para-hydroxylation sites is 1. The molecule has 2 aromatic carbocycles. The van der Waals surface area contributed by atoms with Gasteiger partial charge in [-0.05, 0) is 36.2 Å². The van der Waals surface area contributed by atoms with E-state index in [1.54, 1.807) is 13.2 Å². The van der Waals surface area contributed by atoms with Crippen molar-refractivity contribution in [3.63, 3.8) is 0 Å². The van der Waals surface area contributed by atoms with Gasteiger partial charge in [0.15, 0.2) is 0 Å². The zero-order chi connectivity index (χ0) is 21.2. The summed E-state index contributed by atoms with van der Waals surface area (Å²) in [5.74, 6) is 7.03. The molecule has 0 spiro atoms. The molecule has 30 heavy (non-hydrogen) atoms. The Kier molecular flexibility index (Phi) is 7.28. The van der Waals surface area contributed by atoms with Crippen LogP contribution in [0.25, 0.3) is 11.3 Å². The summed E-state index contributed by atoms with van der Waals surface area (Å²) >= 11 is 0. The van der Waals surface area contributed by atoms with Crippen molar-refractivity contribution in [1.29, 1.82) is 0 Å². The third-order valence-electron chi connectivity index (χ3n) is 4.29. The van der Waals surface area contributed by atoms with E-state index in [9.17, 15) is 4.79 Å². The highest BCUT2D eigenvalue weighted by Gasteiger charge is 2.10. The summed E-state index contributed by atoms with van der Waals surface area (Å²) in [7, 11) is 1.61. The number of benzene rings is 2. The van der Waals surface area contributed by atoms with Crippen molar-refractivity contribution in [2.45, 2.75) is 6.42 Å². The Labute approximate surface area is 175 Å². The molecule has 0 aliphatic heterocycles. The average molecular weight is 401 g/mol. The first-order valence-electron chi connectivity index (χ1n) is 9.46. The number of nitrogens with one attached hydrogen (secondary N) is 2. The number of amides is 1. The van der Waals surface area contributed by atoms with E-state index in [4.69, 9.17) is 9.47 Å². The summed E-state index contributed by atoms with van der Waals surface area (Å²) in [6.45, 7) is 4.21. The van der Waals surface area contributed by atoms with E-state index in [0.29, 0.717) is 11.4 Å². The molecule has 0 saturated carbocycles. The van der Waals surface area contributed by atoms with Gasteiger partial charge in [0, 0.05) is 5.56 Å². The number of carbonyl (C=O) groups excluding carboxylic acids is 1. The zero-order valence-electron chi connectivity index (χ0n) is 16.8. The largest absolute Gasteiger partial charge is 0.497 e. The van der Waals surface area contributed by atoms with Gasteiger partial charge < -0.3 is 14.8 Å². The van der Waals surface area contributed by atoms with Crippen LogP contribution in [0.2, 0.25) is 0 Å². The molecule has 6 nitrogen and oxygen atoms in total. The molecule has 152 valence electrons. The van der Waals surface area contributed by atoms with Crippen molar-refractivity contribution in [3.8, 4) is 34.6 Å². The average Bonchev–Trinajstić information content (AvgIpc) is 3.28. The highest BCUT2D eigenvalue weighted by Crippen LogP contribution is 2.22. The Bertz CT molecular complexity index is 1080. The van der Waals surface area contributed by atoms with E-state index >= 15 is 0 Å². The number of ether oxygens (including phenoxy) is 2. The molecule has 0 saturated heterocycles. The maximum absolute atomic E-state index is 12.3. The highest BCUT2D eigenvalue weighted by molar-refractivity contribution is 5.93. The number of aromatic amines is 1. The topological polar surface area (TPSA) is 76.2 Å². The van der Waals surface area contributed by atoms with Crippen LogP contribution in [-0.2, 0) is 6.42 Å². The maximum atomic E-state index is 12.3. The summed E-state index contributed by atoms with van der Waals surface area (Å²) in [6, 6.07) is 16.9. The van der Waals surface area contributed by atoms with Gasteiger partial charge in [0.2, 0.25) is 0 Å². The van der Waals surface area contributed by atoms with Crippen molar-refractivity contribution in [2.75, 3.05) is 20.3 Å². The SMILES string of the molecule is C=CCc1ccccc1OCC#CCNC(=O)c1cc(-c2cccc(OC)c2)n[nH]1. The summed E-state index contributed by atoms with van der Waals surface area (Å²) in [5, 5.41) is 9.68. The Hall–Kier alpha value is -3.98. The first kappa shape index (κ1) is 20.7. The second-order valence-electron chi connectivity index (χ2n) is 6.32. The summed E-state index contributed by atoms with van der Waals surface area (Å²) < 4.78 is 10.9. The minimum absolute atomic E-state index is 0.212. The van der Waals surface area contributed by atoms with Crippen LogP contribution in [0.4, 0.5) is 0 Å². The second-order valence-corrected chi connectivity index (χ2v) is 6.32. The molecule has 0 radical (unpaired) electrons. The molecule has 2 N–H and O–H groups in total. The lowest BCUT2D eigenvalue weighted by atomic mass is 10.1. The van der Waals surface area contributed by atoms with Crippen LogP contribution in [0, 0.1) is 11.8 Å². The Balaban J connectivity index is 1.49. The molecule has 3 aromatic rings. The summed E-state index contributed by atoms with van der Waals surface area (Å²) in [4.78, 5) is 12.3. The molecule has 0 atom stereocenters. The highest BCUT2D eigenvalue weighted by atomic mass is 16.5. The first-order valence-corrected chi connectivity index (χ1v) is 9.46. The molecule has 1 amide bonds. The number of rotatable bonds is 8. The lowest BCUT2D eigenvalue weighted by molar-refractivity contribution is 0.0953.